The van der Waals surface area contributed by atoms with Crippen LogP contribution >= 0.6 is 0 Å². The molecule has 0 saturated carbocycles. The van der Waals surface area contributed by atoms with Crippen molar-refractivity contribution in [1.29, 1.82) is 0 Å². The van der Waals surface area contributed by atoms with E-state index in [2.05, 4.69) is 15.5 Å². The third kappa shape index (κ3) is 2.10. The molecule has 0 atom stereocenters. The van der Waals surface area contributed by atoms with Gasteiger partial charge in [-0.2, -0.15) is 0 Å². The molecule has 0 spiro atoms. The van der Waals surface area contributed by atoms with E-state index in [9.17, 15) is 14.4 Å². The molecule has 0 radical (unpaired) electrons. The normalized spacial score (nSPS) is 10.8. The molecule has 8 nitrogen and oxygen atoms in total. The van der Waals surface area contributed by atoms with Crippen molar-refractivity contribution >= 4 is 16.8 Å². The fourth-order valence-electron chi connectivity index (χ4n) is 2.29. The zero-order valence-electron chi connectivity index (χ0n) is 12.0. The molecule has 3 heterocycles. The maximum absolute atomic E-state index is 12.1. The number of rotatable bonds is 2. The van der Waals surface area contributed by atoms with Crippen LogP contribution in [0.1, 0.15) is 16.1 Å². The molecule has 0 aliphatic rings. The summed E-state index contributed by atoms with van der Waals surface area (Å²) in [7, 11) is 1.56. The Morgan fingerprint density at radius 1 is 1.36 bits per heavy atom. The summed E-state index contributed by atoms with van der Waals surface area (Å²) in [5.74, 6) is -0.481. The van der Waals surface area contributed by atoms with Crippen molar-refractivity contribution in [1.82, 2.24) is 19.4 Å². The summed E-state index contributed by atoms with van der Waals surface area (Å²) < 4.78 is 2.34. The topological polar surface area (TPSA) is 102 Å². The molecule has 22 heavy (non-hydrogen) atoms. The molecule has 0 aliphatic carbocycles. The first-order chi connectivity index (χ1) is 10.5. The average Bonchev–Trinajstić information content (AvgIpc) is 2.79. The highest BCUT2D eigenvalue weighted by atomic mass is 16.2. The second kappa shape index (κ2) is 4.99. The number of pyridine rings is 2. The standard InChI is InChI=1S/C14H13N5O3/c1-8-12-10(16-18(2)14(12)22)6-11(20)19(8)17-13(21)9-4-3-5-15-7-9/h3-7,16H,1-2H3,(H,17,21). The molecular weight excluding hydrogens is 286 g/mol. The summed E-state index contributed by atoms with van der Waals surface area (Å²) in [5.41, 5.74) is 2.89. The minimum absolute atomic E-state index is 0.267. The van der Waals surface area contributed by atoms with E-state index in [1.165, 1.54) is 16.9 Å². The SMILES string of the molecule is Cc1c2c(=O)n(C)[nH]c2cc(=O)n1NC(=O)c1cccnc1. The molecule has 8 heteroatoms. The predicted octanol–water partition coefficient (Wildman–Crippen LogP) is 0.116. The minimum Gasteiger partial charge on any atom is -0.295 e. The largest absolute Gasteiger partial charge is 0.295 e. The molecule has 0 bridgehead atoms. The second-order valence-electron chi connectivity index (χ2n) is 4.85. The number of nitrogens with zero attached hydrogens (tertiary/aromatic N) is 3. The Kier molecular flexibility index (Phi) is 3.13. The molecule has 3 rings (SSSR count). The van der Waals surface area contributed by atoms with Crippen LogP contribution in [0, 0.1) is 6.92 Å². The Hall–Kier alpha value is -3.16. The van der Waals surface area contributed by atoms with Gasteiger partial charge in [-0.05, 0) is 19.1 Å². The number of hydrogen-bond acceptors (Lipinski definition) is 4. The minimum atomic E-state index is -0.481. The number of hydrogen-bond donors (Lipinski definition) is 2. The van der Waals surface area contributed by atoms with E-state index in [4.69, 9.17) is 0 Å². The predicted molar refractivity (Wildman–Crippen MR) is 80.5 cm³/mol. The van der Waals surface area contributed by atoms with Crippen LogP contribution in [0.2, 0.25) is 0 Å². The van der Waals surface area contributed by atoms with Gasteiger partial charge in [-0.3, -0.25) is 34.6 Å². The fraction of sp³-hybridized carbons (Fsp3) is 0.143. The molecule has 0 fully saturated rings. The molecule has 0 aliphatic heterocycles. The molecule has 0 unspecified atom stereocenters. The highest BCUT2D eigenvalue weighted by Crippen LogP contribution is 2.09. The van der Waals surface area contributed by atoms with Crippen LogP contribution in [0.3, 0.4) is 0 Å². The van der Waals surface area contributed by atoms with Crippen molar-refractivity contribution in [3.05, 3.63) is 62.6 Å². The van der Waals surface area contributed by atoms with E-state index in [-0.39, 0.29) is 5.56 Å². The van der Waals surface area contributed by atoms with Gasteiger partial charge in [0.05, 0.1) is 22.2 Å². The van der Waals surface area contributed by atoms with Crippen molar-refractivity contribution in [2.45, 2.75) is 6.92 Å². The summed E-state index contributed by atoms with van der Waals surface area (Å²) in [6, 6.07) is 4.47. The van der Waals surface area contributed by atoms with Gasteiger partial charge in [0.15, 0.2) is 0 Å². The van der Waals surface area contributed by atoms with Gasteiger partial charge in [-0.1, -0.05) is 0 Å². The molecule has 112 valence electrons. The summed E-state index contributed by atoms with van der Waals surface area (Å²) in [4.78, 5) is 40.2. The van der Waals surface area contributed by atoms with Gasteiger partial charge < -0.3 is 0 Å². The maximum Gasteiger partial charge on any atom is 0.275 e. The summed E-state index contributed by atoms with van der Waals surface area (Å²) in [6.07, 6.45) is 2.94. The number of amides is 1. The third-order valence-corrected chi connectivity index (χ3v) is 3.40. The van der Waals surface area contributed by atoms with Gasteiger partial charge in [0.1, 0.15) is 0 Å². The number of H-pyrrole nitrogens is 1. The highest BCUT2D eigenvalue weighted by Gasteiger charge is 2.15. The van der Waals surface area contributed by atoms with Crippen molar-refractivity contribution in [3.8, 4) is 0 Å². The van der Waals surface area contributed by atoms with Gasteiger partial charge in [0.25, 0.3) is 17.0 Å². The molecule has 3 aromatic heterocycles. The number of aromatic amines is 1. The van der Waals surface area contributed by atoms with Crippen LogP contribution in [-0.4, -0.2) is 25.3 Å². The fourth-order valence-corrected chi connectivity index (χ4v) is 2.29. The van der Waals surface area contributed by atoms with Crippen LogP contribution in [0.4, 0.5) is 0 Å². The van der Waals surface area contributed by atoms with Gasteiger partial charge in [-0.15, -0.1) is 0 Å². The Morgan fingerprint density at radius 3 is 2.82 bits per heavy atom. The quantitative estimate of drug-likeness (QED) is 0.701. The summed E-state index contributed by atoms with van der Waals surface area (Å²) in [5, 5.41) is 3.14. The van der Waals surface area contributed by atoms with Crippen molar-refractivity contribution in [2.24, 2.45) is 7.05 Å². The lowest BCUT2D eigenvalue weighted by Crippen LogP contribution is -2.34. The smallest absolute Gasteiger partial charge is 0.275 e. The molecular formula is C14H13N5O3. The number of aryl methyl sites for hydroxylation is 2. The van der Waals surface area contributed by atoms with Crippen molar-refractivity contribution in [2.75, 3.05) is 5.43 Å². The van der Waals surface area contributed by atoms with E-state index < -0.39 is 11.5 Å². The highest BCUT2D eigenvalue weighted by molar-refractivity contribution is 5.99. The summed E-state index contributed by atoms with van der Waals surface area (Å²) in [6.45, 7) is 1.60. The lowest BCUT2D eigenvalue weighted by atomic mass is 10.2. The lowest BCUT2D eigenvalue weighted by Gasteiger charge is -2.11. The first-order valence-electron chi connectivity index (χ1n) is 6.52. The number of fused-ring (bicyclic) bond motifs is 1. The molecule has 0 saturated heterocycles. The number of nitrogens with one attached hydrogen (secondary N) is 2. The van der Waals surface area contributed by atoms with E-state index in [1.807, 2.05) is 0 Å². The van der Waals surface area contributed by atoms with Crippen LogP contribution in [0.5, 0.6) is 0 Å². The first-order valence-corrected chi connectivity index (χ1v) is 6.52. The molecule has 3 aromatic rings. The van der Waals surface area contributed by atoms with Crippen LogP contribution in [0.15, 0.2) is 40.2 Å². The van der Waals surface area contributed by atoms with Gasteiger partial charge in [0, 0.05) is 25.5 Å². The van der Waals surface area contributed by atoms with Crippen molar-refractivity contribution < 1.29 is 4.79 Å². The van der Waals surface area contributed by atoms with E-state index >= 15 is 0 Å². The average molecular weight is 299 g/mol. The van der Waals surface area contributed by atoms with Gasteiger partial charge in [0.2, 0.25) is 0 Å². The third-order valence-electron chi connectivity index (χ3n) is 3.40. The Morgan fingerprint density at radius 2 is 2.14 bits per heavy atom. The lowest BCUT2D eigenvalue weighted by molar-refractivity contribution is 0.101. The van der Waals surface area contributed by atoms with Gasteiger partial charge >= 0.3 is 0 Å². The molecule has 0 aromatic carbocycles. The van der Waals surface area contributed by atoms with Crippen LogP contribution in [0.25, 0.3) is 10.9 Å². The van der Waals surface area contributed by atoms with E-state index in [0.717, 1.165) is 4.68 Å². The zero-order valence-corrected chi connectivity index (χ0v) is 12.0. The number of carbonyl (C=O) groups excluding carboxylic acids is 1. The van der Waals surface area contributed by atoms with Crippen LogP contribution < -0.4 is 16.5 Å². The maximum atomic E-state index is 12.1. The molecule has 1 amide bonds. The summed E-state index contributed by atoms with van der Waals surface area (Å²) >= 11 is 0. The first kappa shape index (κ1) is 13.8. The van der Waals surface area contributed by atoms with Crippen molar-refractivity contribution in [3.63, 3.8) is 0 Å². The Bertz CT molecular complexity index is 981. The molecule has 2 N–H and O–H groups in total. The number of carbonyl (C=O) groups is 1. The van der Waals surface area contributed by atoms with E-state index in [1.54, 1.807) is 32.3 Å². The second-order valence-corrected chi connectivity index (χ2v) is 4.85. The monoisotopic (exact) mass is 299 g/mol. The van der Waals surface area contributed by atoms with Crippen LogP contribution in [-0.2, 0) is 7.05 Å². The Balaban J connectivity index is 2.12. The zero-order chi connectivity index (χ0) is 15.9. The Labute approximate surface area is 124 Å². The van der Waals surface area contributed by atoms with Gasteiger partial charge in [-0.25, -0.2) is 4.68 Å². The van der Waals surface area contributed by atoms with E-state index in [0.29, 0.717) is 22.2 Å². The number of aromatic nitrogens is 4.